The van der Waals surface area contributed by atoms with Crippen molar-refractivity contribution in [3.8, 4) is 0 Å². The van der Waals surface area contributed by atoms with Crippen LogP contribution in [0.1, 0.15) is 46.5 Å². The first-order valence-corrected chi connectivity index (χ1v) is 14.9. The van der Waals surface area contributed by atoms with Gasteiger partial charge >= 0.3 is 11.4 Å². The van der Waals surface area contributed by atoms with Gasteiger partial charge in [-0.2, -0.15) is 9.97 Å². The van der Waals surface area contributed by atoms with Gasteiger partial charge in [0.1, 0.15) is 0 Å². The lowest BCUT2D eigenvalue weighted by atomic mass is 10.0. The van der Waals surface area contributed by atoms with Crippen LogP contribution in [0.15, 0.2) is 19.2 Å². The molecule has 0 spiro atoms. The highest BCUT2D eigenvalue weighted by atomic mass is 16.2. The minimum Gasteiger partial charge on any atom is -0.342 e. The standard InChI is InChI=1S/C28H40N10O4/c1-16-8-6-10-35(12-16)25-29-21-19(23(39)31-27(41)33(21)4)37(25)14-18(3)15-38-20-22(34(5)28(42)32-24(20)40)30-26(38)36-11-7-9-17(2)13-36/h16-18H,6-15H2,1-5H3,(H,31,39,41)(H,32,40,42)/t16-,17+,18?. The van der Waals surface area contributed by atoms with E-state index in [1.165, 1.54) is 9.13 Å². The van der Waals surface area contributed by atoms with Crippen molar-refractivity contribution < 1.29 is 0 Å². The first-order chi connectivity index (χ1) is 20.0. The molecule has 0 saturated carbocycles. The first-order valence-electron chi connectivity index (χ1n) is 14.9. The third-order valence-corrected chi connectivity index (χ3v) is 8.84. The van der Waals surface area contributed by atoms with Crippen LogP contribution in [0.5, 0.6) is 0 Å². The van der Waals surface area contributed by atoms with E-state index in [1.807, 2.05) is 9.13 Å². The average molecular weight is 581 g/mol. The Bertz CT molecular complexity index is 1750. The molecule has 226 valence electrons. The molecule has 2 saturated heterocycles. The molecule has 3 atom stereocenters. The van der Waals surface area contributed by atoms with Gasteiger partial charge in [0.2, 0.25) is 11.9 Å². The number of piperidine rings is 2. The van der Waals surface area contributed by atoms with Crippen molar-refractivity contribution in [1.29, 1.82) is 0 Å². The van der Waals surface area contributed by atoms with E-state index in [0.717, 1.165) is 51.9 Å². The zero-order valence-electron chi connectivity index (χ0n) is 25.0. The van der Waals surface area contributed by atoms with Crippen molar-refractivity contribution >= 4 is 34.2 Å². The lowest BCUT2D eigenvalue weighted by Crippen LogP contribution is -2.37. The van der Waals surface area contributed by atoms with Crippen LogP contribution in [-0.4, -0.2) is 64.4 Å². The minimum atomic E-state index is -0.501. The molecule has 14 nitrogen and oxygen atoms in total. The number of hydrogen-bond donors (Lipinski definition) is 2. The molecule has 42 heavy (non-hydrogen) atoms. The molecule has 1 unspecified atom stereocenters. The smallest absolute Gasteiger partial charge is 0.329 e. The molecule has 6 rings (SSSR count). The Morgan fingerprint density at radius 3 is 1.52 bits per heavy atom. The maximum absolute atomic E-state index is 13.2. The molecule has 2 aliphatic heterocycles. The Balaban J connectivity index is 1.45. The molecule has 0 aliphatic carbocycles. The van der Waals surface area contributed by atoms with Crippen molar-refractivity contribution in [3.05, 3.63) is 41.7 Å². The second kappa shape index (κ2) is 10.6. The quantitative estimate of drug-likeness (QED) is 0.342. The number of aromatic nitrogens is 8. The Morgan fingerprint density at radius 1 is 0.738 bits per heavy atom. The topological polar surface area (TPSA) is 152 Å². The fraction of sp³-hybridized carbons (Fsp3) is 0.643. The molecule has 0 radical (unpaired) electrons. The van der Waals surface area contributed by atoms with Crippen LogP contribution in [-0.2, 0) is 27.2 Å². The molecule has 0 bridgehead atoms. The molecule has 14 heteroatoms. The highest BCUT2D eigenvalue weighted by Crippen LogP contribution is 2.29. The van der Waals surface area contributed by atoms with Crippen LogP contribution in [0.4, 0.5) is 11.9 Å². The van der Waals surface area contributed by atoms with Crippen molar-refractivity contribution in [3.63, 3.8) is 0 Å². The van der Waals surface area contributed by atoms with Crippen LogP contribution in [0.3, 0.4) is 0 Å². The van der Waals surface area contributed by atoms with Crippen molar-refractivity contribution in [2.24, 2.45) is 31.8 Å². The van der Waals surface area contributed by atoms with Crippen LogP contribution >= 0.6 is 0 Å². The van der Waals surface area contributed by atoms with E-state index >= 15 is 0 Å². The van der Waals surface area contributed by atoms with Gasteiger partial charge in [0, 0.05) is 53.4 Å². The molecule has 2 N–H and O–H groups in total. The summed E-state index contributed by atoms with van der Waals surface area (Å²) in [6.07, 6.45) is 4.31. The van der Waals surface area contributed by atoms with Gasteiger partial charge in [-0.1, -0.05) is 20.8 Å². The summed E-state index contributed by atoms with van der Waals surface area (Å²) in [5.41, 5.74) is -0.509. The number of rotatable bonds is 6. The van der Waals surface area contributed by atoms with Crippen LogP contribution in [0.25, 0.3) is 22.3 Å². The number of fused-ring (bicyclic) bond motifs is 2. The van der Waals surface area contributed by atoms with Gasteiger partial charge in [-0.3, -0.25) is 28.7 Å². The molecular formula is C28H40N10O4. The lowest BCUT2D eigenvalue weighted by molar-refractivity contribution is 0.402. The van der Waals surface area contributed by atoms with Gasteiger partial charge in [-0.15, -0.1) is 0 Å². The van der Waals surface area contributed by atoms with Crippen LogP contribution in [0, 0.1) is 17.8 Å². The van der Waals surface area contributed by atoms with E-state index in [4.69, 9.17) is 9.97 Å². The number of anilines is 2. The Morgan fingerprint density at radius 2 is 1.14 bits per heavy atom. The number of aromatic amines is 2. The maximum atomic E-state index is 13.2. The number of H-pyrrole nitrogens is 2. The molecule has 0 aromatic carbocycles. The molecule has 2 fully saturated rings. The third kappa shape index (κ3) is 4.75. The molecule has 6 heterocycles. The average Bonchev–Trinajstić information content (AvgIpc) is 3.50. The largest absolute Gasteiger partial charge is 0.342 e. The summed E-state index contributed by atoms with van der Waals surface area (Å²) in [5.74, 6) is 2.25. The van der Waals surface area contributed by atoms with Crippen molar-refractivity contribution in [2.45, 2.75) is 59.5 Å². The van der Waals surface area contributed by atoms with E-state index in [2.05, 4.69) is 40.5 Å². The number of nitrogens with zero attached hydrogens (tertiary/aromatic N) is 8. The van der Waals surface area contributed by atoms with E-state index in [-0.39, 0.29) is 5.92 Å². The van der Waals surface area contributed by atoms with E-state index in [9.17, 15) is 19.2 Å². The third-order valence-electron chi connectivity index (χ3n) is 8.84. The summed E-state index contributed by atoms with van der Waals surface area (Å²) in [6.45, 7) is 10.6. The zero-order chi connectivity index (χ0) is 29.9. The zero-order valence-corrected chi connectivity index (χ0v) is 25.0. The van der Waals surface area contributed by atoms with E-state index < -0.39 is 22.5 Å². The predicted molar refractivity (Wildman–Crippen MR) is 162 cm³/mol. The van der Waals surface area contributed by atoms with E-state index in [1.54, 1.807) is 14.1 Å². The Hall–Kier alpha value is -4.10. The highest BCUT2D eigenvalue weighted by Gasteiger charge is 2.28. The van der Waals surface area contributed by atoms with Crippen LogP contribution in [0.2, 0.25) is 0 Å². The summed E-state index contributed by atoms with van der Waals surface area (Å²) < 4.78 is 6.62. The summed E-state index contributed by atoms with van der Waals surface area (Å²) in [5, 5.41) is 0. The van der Waals surface area contributed by atoms with Crippen molar-refractivity contribution in [2.75, 3.05) is 36.0 Å². The summed E-state index contributed by atoms with van der Waals surface area (Å²) in [6, 6.07) is 0. The number of hydrogen-bond acceptors (Lipinski definition) is 8. The second-order valence-corrected chi connectivity index (χ2v) is 12.5. The Kier molecular flexibility index (Phi) is 7.09. The predicted octanol–water partition coefficient (Wildman–Crippen LogP) is 0.969. The van der Waals surface area contributed by atoms with Gasteiger partial charge in [-0.05, 0) is 43.4 Å². The normalized spacial score (nSPS) is 20.6. The van der Waals surface area contributed by atoms with Gasteiger partial charge in [0.05, 0.1) is 0 Å². The summed E-state index contributed by atoms with van der Waals surface area (Å²) in [7, 11) is 3.23. The maximum Gasteiger partial charge on any atom is 0.329 e. The first kappa shape index (κ1) is 28.0. The van der Waals surface area contributed by atoms with Crippen molar-refractivity contribution in [1.82, 2.24) is 38.2 Å². The molecule has 4 aromatic heterocycles. The van der Waals surface area contributed by atoms with Gasteiger partial charge in [-0.25, -0.2) is 9.59 Å². The number of imidazole rings is 2. The monoisotopic (exact) mass is 580 g/mol. The molecule has 2 aliphatic rings. The number of nitrogens with one attached hydrogen (secondary N) is 2. The highest BCUT2D eigenvalue weighted by molar-refractivity contribution is 5.75. The second-order valence-electron chi connectivity index (χ2n) is 12.5. The SMILES string of the molecule is CC(Cn1c(N2CCC[C@@H](C)C2)nc2c1c(=O)[nH]c(=O)n2C)Cn1c(N2CCC[C@H](C)C2)nc2c1c(=O)[nH]c(=O)n2C. The number of aryl methyl sites for hydroxylation is 2. The molecule has 4 aromatic rings. The summed E-state index contributed by atoms with van der Waals surface area (Å²) >= 11 is 0. The van der Waals surface area contributed by atoms with Gasteiger partial charge in [0.25, 0.3) is 11.1 Å². The van der Waals surface area contributed by atoms with Gasteiger partial charge in [0.15, 0.2) is 22.3 Å². The van der Waals surface area contributed by atoms with Crippen LogP contribution < -0.4 is 32.3 Å². The lowest BCUT2D eigenvalue weighted by Gasteiger charge is -2.33. The molecule has 0 amide bonds. The minimum absolute atomic E-state index is 0.0741. The Labute approximate surface area is 241 Å². The molecular weight excluding hydrogens is 540 g/mol. The summed E-state index contributed by atoms with van der Waals surface area (Å²) in [4.78, 5) is 70.1. The fourth-order valence-electron chi connectivity index (χ4n) is 6.70. The van der Waals surface area contributed by atoms with Gasteiger partial charge < -0.3 is 18.9 Å². The fourth-order valence-corrected chi connectivity index (χ4v) is 6.70. The van der Waals surface area contributed by atoms with E-state index in [0.29, 0.717) is 59.1 Å².